The number of benzene rings is 1. The molecule has 0 amide bonds. The summed E-state index contributed by atoms with van der Waals surface area (Å²) in [4.78, 5) is 0. The molecule has 0 atom stereocenters. The number of nitrogens with zero attached hydrogens (tertiary/aromatic N) is 1. The molecule has 0 radical (unpaired) electrons. The highest BCUT2D eigenvalue weighted by atomic mass is 35.5. The Labute approximate surface area is 110 Å². The van der Waals surface area contributed by atoms with Gasteiger partial charge in [-0.3, -0.25) is 0 Å². The van der Waals surface area contributed by atoms with Gasteiger partial charge in [0.05, 0.1) is 12.2 Å². The molecule has 0 saturated carbocycles. The minimum atomic E-state index is 0.615. The molecule has 2 aromatic rings. The number of aromatic nitrogens is 1. The van der Waals surface area contributed by atoms with Crippen molar-refractivity contribution in [3.8, 4) is 0 Å². The molecule has 0 fully saturated rings. The Bertz CT molecular complexity index is 511. The summed E-state index contributed by atoms with van der Waals surface area (Å²) in [7, 11) is 0. The third-order valence-corrected chi connectivity index (χ3v) is 2.90. The molecule has 1 aromatic carbocycles. The van der Waals surface area contributed by atoms with Crippen molar-refractivity contribution >= 4 is 23.2 Å². The van der Waals surface area contributed by atoms with Gasteiger partial charge in [-0.15, -0.1) is 0 Å². The Morgan fingerprint density at radius 3 is 2.76 bits per heavy atom. The molecular formula is C12H12Cl2N2O. The first-order chi connectivity index (χ1) is 8.15. The number of hydrogen-bond acceptors (Lipinski definition) is 3. The number of halogens is 2. The molecule has 1 aromatic heterocycles. The molecular weight excluding hydrogens is 259 g/mol. The minimum absolute atomic E-state index is 0.615. The lowest BCUT2D eigenvalue weighted by Gasteiger charge is -2.05. The largest absolute Gasteiger partial charge is 0.360 e. The van der Waals surface area contributed by atoms with Crippen LogP contribution in [0.2, 0.25) is 10.0 Å². The van der Waals surface area contributed by atoms with E-state index < -0.39 is 0 Å². The van der Waals surface area contributed by atoms with E-state index in [1.165, 1.54) is 0 Å². The van der Waals surface area contributed by atoms with Gasteiger partial charge in [0.25, 0.3) is 0 Å². The second-order valence-corrected chi connectivity index (χ2v) is 4.62. The van der Waals surface area contributed by atoms with Crippen molar-refractivity contribution in [3.63, 3.8) is 0 Å². The summed E-state index contributed by atoms with van der Waals surface area (Å²) in [5, 5.41) is 8.42. The van der Waals surface area contributed by atoms with E-state index in [2.05, 4.69) is 10.5 Å². The van der Waals surface area contributed by atoms with E-state index in [1.807, 2.05) is 19.1 Å². The van der Waals surface area contributed by atoms with Gasteiger partial charge in [-0.1, -0.05) is 28.4 Å². The zero-order chi connectivity index (χ0) is 12.3. The smallest absolute Gasteiger partial charge is 0.150 e. The fourth-order valence-electron chi connectivity index (χ4n) is 1.50. The Morgan fingerprint density at radius 2 is 2.06 bits per heavy atom. The van der Waals surface area contributed by atoms with Crippen LogP contribution in [0.25, 0.3) is 0 Å². The van der Waals surface area contributed by atoms with E-state index in [-0.39, 0.29) is 0 Å². The molecule has 90 valence electrons. The summed E-state index contributed by atoms with van der Waals surface area (Å²) in [6.45, 7) is 3.14. The molecule has 0 aliphatic rings. The van der Waals surface area contributed by atoms with Crippen molar-refractivity contribution in [2.24, 2.45) is 0 Å². The van der Waals surface area contributed by atoms with E-state index in [9.17, 15) is 0 Å². The SMILES string of the molecule is Cc1cc(CNCc2cc(Cl)ccc2Cl)on1. The average Bonchev–Trinajstić information content (AvgIpc) is 2.69. The highest BCUT2D eigenvalue weighted by Gasteiger charge is 2.03. The Morgan fingerprint density at radius 1 is 1.24 bits per heavy atom. The Kier molecular flexibility index (Phi) is 4.05. The molecule has 17 heavy (non-hydrogen) atoms. The van der Waals surface area contributed by atoms with Crippen LogP contribution in [0, 0.1) is 6.92 Å². The first-order valence-corrected chi connectivity index (χ1v) is 5.97. The first-order valence-electron chi connectivity index (χ1n) is 5.22. The van der Waals surface area contributed by atoms with E-state index in [0.717, 1.165) is 17.0 Å². The van der Waals surface area contributed by atoms with E-state index >= 15 is 0 Å². The normalized spacial score (nSPS) is 10.8. The maximum absolute atomic E-state index is 6.05. The van der Waals surface area contributed by atoms with E-state index in [1.54, 1.807) is 12.1 Å². The molecule has 0 spiro atoms. The summed E-state index contributed by atoms with van der Waals surface area (Å²) >= 11 is 11.9. The number of hydrogen-bond donors (Lipinski definition) is 1. The second kappa shape index (κ2) is 5.54. The van der Waals surface area contributed by atoms with Crippen molar-refractivity contribution in [3.05, 3.63) is 51.3 Å². The minimum Gasteiger partial charge on any atom is -0.360 e. The monoisotopic (exact) mass is 270 g/mol. The van der Waals surface area contributed by atoms with Gasteiger partial charge < -0.3 is 9.84 Å². The van der Waals surface area contributed by atoms with Crippen molar-refractivity contribution in [2.45, 2.75) is 20.0 Å². The van der Waals surface area contributed by atoms with Crippen molar-refractivity contribution in [2.75, 3.05) is 0 Å². The molecule has 0 aliphatic heterocycles. The molecule has 0 bridgehead atoms. The summed E-state index contributed by atoms with van der Waals surface area (Å²) < 4.78 is 5.08. The number of nitrogens with one attached hydrogen (secondary N) is 1. The third-order valence-electron chi connectivity index (χ3n) is 2.30. The Balaban J connectivity index is 1.91. The molecule has 5 heteroatoms. The van der Waals surface area contributed by atoms with Gasteiger partial charge in [-0.2, -0.15) is 0 Å². The van der Waals surface area contributed by atoms with Crippen molar-refractivity contribution in [1.29, 1.82) is 0 Å². The lowest BCUT2D eigenvalue weighted by atomic mass is 10.2. The summed E-state index contributed by atoms with van der Waals surface area (Å²) in [5.41, 5.74) is 1.85. The molecule has 3 nitrogen and oxygen atoms in total. The van der Waals surface area contributed by atoms with Crippen LogP contribution >= 0.6 is 23.2 Å². The molecule has 0 aliphatic carbocycles. The van der Waals surface area contributed by atoms with Crippen LogP contribution in [0.4, 0.5) is 0 Å². The van der Waals surface area contributed by atoms with Crippen LogP contribution in [-0.2, 0) is 13.1 Å². The maximum atomic E-state index is 6.05. The fraction of sp³-hybridized carbons (Fsp3) is 0.250. The highest BCUT2D eigenvalue weighted by molar-refractivity contribution is 6.33. The zero-order valence-corrected chi connectivity index (χ0v) is 10.8. The number of rotatable bonds is 4. The van der Waals surface area contributed by atoms with Gasteiger partial charge in [-0.05, 0) is 30.7 Å². The predicted molar refractivity (Wildman–Crippen MR) is 68.2 cm³/mol. The van der Waals surface area contributed by atoms with Gasteiger partial charge in [0.1, 0.15) is 0 Å². The van der Waals surface area contributed by atoms with Gasteiger partial charge in [0.15, 0.2) is 5.76 Å². The van der Waals surface area contributed by atoms with Gasteiger partial charge in [0.2, 0.25) is 0 Å². The fourth-order valence-corrected chi connectivity index (χ4v) is 1.88. The van der Waals surface area contributed by atoms with Crippen LogP contribution in [-0.4, -0.2) is 5.16 Å². The summed E-state index contributed by atoms with van der Waals surface area (Å²) in [6, 6.07) is 7.31. The van der Waals surface area contributed by atoms with Crippen LogP contribution in [0.3, 0.4) is 0 Å². The summed E-state index contributed by atoms with van der Waals surface area (Å²) in [6.07, 6.45) is 0. The topological polar surface area (TPSA) is 38.1 Å². The maximum Gasteiger partial charge on any atom is 0.150 e. The van der Waals surface area contributed by atoms with Crippen LogP contribution in [0.15, 0.2) is 28.8 Å². The van der Waals surface area contributed by atoms with Crippen molar-refractivity contribution in [1.82, 2.24) is 10.5 Å². The quantitative estimate of drug-likeness (QED) is 0.923. The molecule has 0 saturated heterocycles. The second-order valence-electron chi connectivity index (χ2n) is 3.77. The van der Waals surface area contributed by atoms with Crippen LogP contribution in [0.1, 0.15) is 17.0 Å². The van der Waals surface area contributed by atoms with Crippen LogP contribution in [0.5, 0.6) is 0 Å². The van der Waals surface area contributed by atoms with Gasteiger partial charge in [-0.25, -0.2) is 0 Å². The third kappa shape index (κ3) is 3.46. The van der Waals surface area contributed by atoms with E-state index in [4.69, 9.17) is 27.7 Å². The Hall–Kier alpha value is -1.03. The zero-order valence-electron chi connectivity index (χ0n) is 9.34. The van der Waals surface area contributed by atoms with Gasteiger partial charge in [0, 0.05) is 22.7 Å². The standard InChI is InChI=1S/C12H12Cl2N2O/c1-8-4-11(17-16-8)7-15-6-9-5-10(13)2-3-12(9)14/h2-5,15H,6-7H2,1H3. The van der Waals surface area contributed by atoms with Gasteiger partial charge >= 0.3 is 0 Å². The number of aryl methyl sites for hydroxylation is 1. The lowest BCUT2D eigenvalue weighted by Crippen LogP contribution is -2.12. The average molecular weight is 271 g/mol. The van der Waals surface area contributed by atoms with Crippen LogP contribution < -0.4 is 5.32 Å². The lowest BCUT2D eigenvalue weighted by molar-refractivity contribution is 0.369. The highest BCUT2D eigenvalue weighted by Crippen LogP contribution is 2.20. The molecule has 1 N–H and O–H groups in total. The van der Waals surface area contributed by atoms with Crippen molar-refractivity contribution < 1.29 is 4.52 Å². The summed E-state index contributed by atoms with van der Waals surface area (Å²) in [5.74, 6) is 0.806. The first kappa shape index (κ1) is 12.4. The predicted octanol–water partition coefficient (Wildman–Crippen LogP) is 3.58. The van der Waals surface area contributed by atoms with E-state index in [0.29, 0.717) is 23.1 Å². The molecule has 2 rings (SSSR count). The molecule has 0 unspecified atom stereocenters. The molecule has 1 heterocycles.